The van der Waals surface area contributed by atoms with Gasteiger partial charge in [0.25, 0.3) is 11.1 Å². The van der Waals surface area contributed by atoms with Gasteiger partial charge in [-0.15, -0.1) is 0 Å². The summed E-state index contributed by atoms with van der Waals surface area (Å²) in [5.74, 6) is -0.869. The minimum absolute atomic E-state index is 0.304. The number of halogens is 1. The molecule has 138 valence electrons. The quantitative estimate of drug-likeness (QED) is 0.679. The maximum Gasteiger partial charge on any atom is 0.294 e. The first-order valence-electron chi connectivity index (χ1n) is 8.36. The number of anilines is 1. The first-order valence-corrected chi connectivity index (χ1v) is 9.97. The number of thioether (sulfide) groups is 1. The summed E-state index contributed by atoms with van der Waals surface area (Å²) in [6, 6.07) is 14.9. The van der Waals surface area contributed by atoms with Crippen LogP contribution in [-0.2, 0) is 16.0 Å². The third-order valence-corrected chi connectivity index (χ3v) is 5.37. The highest BCUT2D eigenvalue weighted by Crippen LogP contribution is 2.32. The van der Waals surface area contributed by atoms with Crippen LogP contribution in [0, 0.1) is 0 Å². The number of amides is 3. The number of aryl methyl sites for hydroxylation is 1. The van der Waals surface area contributed by atoms with Gasteiger partial charge in [-0.25, -0.2) is 0 Å². The highest BCUT2D eigenvalue weighted by atomic mass is 79.9. The van der Waals surface area contributed by atoms with E-state index in [-0.39, 0.29) is 6.54 Å². The maximum absolute atomic E-state index is 12.5. The zero-order valence-electron chi connectivity index (χ0n) is 14.6. The summed E-state index contributed by atoms with van der Waals surface area (Å²) in [5, 5.41) is 2.27. The van der Waals surface area contributed by atoms with E-state index in [1.165, 1.54) is 0 Å². The minimum atomic E-state index is -0.457. The second kappa shape index (κ2) is 8.54. The Kier molecular flexibility index (Phi) is 6.13. The molecule has 0 unspecified atom stereocenters. The average Bonchev–Trinajstić information content (AvgIpc) is 2.90. The predicted octanol–water partition coefficient (Wildman–Crippen LogP) is 4.69. The molecule has 0 radical (unpaired) electrons. The van der Waals surface area contributed by atoms with Crippen molar-refractivity contribution in [2.24, 2.45) is 0 Å². The zero-order valence-corrected chi connectivity index (χ0v) is 17.0. The van der Waals surface area contributed by atoms with Crippen molar-refractivity contribution in [3.05, 3.63) is 69.0 Å². The molecule has 2 aromatic rings. The van der Waals surface area contributed by atoms with E-state index in [0.29, 0.717) is 10.6 Å². The van der Waals surface area contributed by atoms with Crippen molar-refractivity contribution in [1.29, 1.82) is 0 Å². The van der Waals surface area contributed by atoms with Crippen LogP contribution in [0.3, 0.4) is 0 Å². The molecule has 7 heteroatoms. The van der Waals surface area contributed by atoms with E-state index < -0.39 is 17.1 Å². The van der Waals surface area contributed by atoms with E-state index in [2.05, 4.69) is 28.2 Å². The molecule has 1 saturated heterocycles. The number of carbonyl (C=O) groups excluding carboxylic acids is 3. The molecule has 27 heavy (non-hydrogen) atoms. The summed E-state index contributed by atoms with van der Waals surface area (Å²) in [6.45, 7) is 1.74. The molecule has 0 aliphatic carbocycles. The Balaban J connectivity index is 1.67. The Morgan fingerprint density at radius 1 is 1.19 bits per heavy atom. The molecule has 5 nitrogen and oxygen atoms in total. The number of hydrogen-bond donors (Lipinski definition) is 1. The van der Waals surface area contributed by atoms with Gasteiger partial charge in [-0.1, -0.05) is 47.1 Å². The number of rotatable bonds is 5. The second-order valence-electron chi connectivity index (χ2n) is 5.92. The van der Waals surface area contributed by atoms with Gasteiger partial charge in [-0.2, -0.15) is 0 Å². The fourth-order valence-corrected chi connectivity index (χ4v) is 3.81. The van der Waals surface area contributed by atoms with Gasteiger partial charge in [0.1, 0.15) is 6.54 Å². The lowest BCUT2D eigenvalue weighted by Gasteiger charge is -2.12. The number of imide groups is 1. The molecule has 1 N–H and O–H groups in total. The smallest absolute Gasteiger partial charge is 0.294 e. The molecule has 3 amide bonds. The topological polar surface area (TPSA) is 66.5 Å². The van der Waals surface area contributed by atoms with Crippen LogP contribution in [0.2, 0.25) is 0 Å². The lowest BCUT2D eigenvalue weighted by molar-refractivity contribution is -0.127. The Labute approximate surface area is 169 Å². The molecular formula is C20H17BrN2O3S. The fraction of sp³-hybridized carbons (Fsp3) is 0.150. The number of nitrogens with one attached hydrogen (secondary N) is 1. The van der Waals surface area contributed by atoms with Crippen LogP contribution in [-0.4, -0.2) is 28.5 Å². The maximum atomic E-state index is 12.5. The van der Waals surface area contributed by atoms with Crippen LogP contribution in [0.25, 0.3) is 6.08 Å². The molecule has 1 aliphatic heterocycles. The number of carbonyl (C=O) groups is 3. The Morgan fingerprint density at radius 3 is 2.59 bits per heavy atom. The molecule has 0 aromatic heterocycles. The van der Waals surface area contributed by atoms with Crippen LogP contribution in [0.5, 0.6) is 0 Å². The molecule has 0 saturated carbocycles. The van der Waals surface area contributed by atoms with Gasteiger partial charge >= 0.3 is 0 Å². The number of benzene rings is 2. The van der Waals surface area contributed by atoms with Crippen molar-refractivity contribution in [3.63, 3.8) is 0 Å². The molecular weight excluding hydrogens is 428 g/mol. The molecule has 1 aliphatic rings. The summed E-state index contributed by atoms with van der Waals surface area (Å²) in [7, 11) is 0. The summed E-state index contributed by atoms with van der Waals surface area (Å²) >= 11 is 4.21. The Bertz CT molecular complexity index is 925. The van der Waals surface area contributed by atoms with Gasteiger partial charge < -0.3 is 5.32 Å². The van der Waals surface area contributed by atoms with Gasteiger partial charge in [0, 0.05) is 10.2 Å². The molecule has 1 fully saturated rings. The fourth-order valence-electron chi connectivity index (χ4n) is 2.55. The minimum Gasteiger partial charge on any atom is -0.325 e. The summed E-state index contributed by atoms with van der Waals surface area (Å²) in [4.78, 5) is 38.2. The summed E-state index contributed by atoms with van der Waals surface area (Å²) < 4.78 is 0.879. The normalized spacial score (nSPS) is 15.5. The van der Waals surface area contributed by atoms with Gasteiger partial charge in [0.15, 0.2) is 0 Å². The van der Waals surface area contributed by atoms with Crippen LogP contribution in [0.1, 0.15) is 18.1 Å². The zero-order chi connectivity index (χ0) is 19.4. The third kappa shape index (κ3) is 4.87. The largest absolute Gasteiger partial charge is 0.325 e. The van der Waals surface area contributed by atoms with Crippen molar-refractivity contribution in [1.82, 2.24) is 4.90 Å². The lowest BCUT2D eigenvalue weighted by atomic mass is 10.1. The van der Waals surface area contributed by atoms with E-state index in [0.717, 1.165) is 38.7 Å². The standard InChI is InChI=1S/C20H17BrN2O3S/c1-2-13-6-8-16(9-7-13)22-18(24)12-23-19(25)17(27-20(23)26)11-14-4-3-5-15(21)10-14/h3-11H,2,12H2,1H3,(H,22,24)/b17-11+. The highest BCUT2D eigenvalue weighted by Gasteiger charge is 2.36. The molecule has 3 rings (SSSR count). The van der Waals surface area contributed by atoms with Crippen LogP contribution in [0.4, 0.5) is 10.5 Å². The first-order chi connectivity index (χ1) is 13.0. The van der Waals surface area contributed by atoms with Gasteiger partial charge in [-0.05, 0) is 59.7 Å². The Hall–Kier alpha value is -2.38. The van der Waals surface area contributed by atoms with Gasteiger partial charge in [-0.3, -0.25) is 19.3 Å². The molecule has 0 atom stereocenters. The molecule has 0 bridgehead atoms. The molecule has 2 aromatic carbocycles. The van der Waals surface area contributed by atoms with Crippen molar-refractivity contribution in [2.75, 3.05) is 11.9 Å². The predicted molar refractivity (Wildman–Crippen MR) is 111 cm³/mol. The first kappa shape index (κ1) is 19.4. The van der Waals surface area contributed by atoms with Crippen molar-refractivity contribution >= 4 is 56.5 Å². The van der Waals surface area contributed by atoms with Crippen molar-refractivity contribution < 1.29 is 14.4 Å². The van der Waals surface area contributed by atoms with Crippen LogP contribution in [0.15, 0.2) is 57.9 Å². The van der Waals surface area contributed by atoms with Crippen LogP contribution >= 0.6 is 27.7 Å². The lowest BCUT2D eigenvalue weighted by Crippen LogP contribution is -2.36. The van der Waals surface area contributed by atoms with Crippen LogP contribution < -0.4 is 5.32 Å². The van der Waals surface area contributed by atoms with E-state index in [9.17, 15) is 14.4 Å². The van der Waals surface area contributed by atoms with E-state index in [1.807, 2.05) is 36.4 Å². The average molecular weight is 445 g/mol. The second-order valence-corrected chi connectivity index (χ2v) is 7.83. The highest BCUT2D eigenvalue weighted by molar-refractivity contribution is 9.10. The SMILES string of the molecule is CCc1ccc(NC(=O)CN2C(=O)S/C(=C/c3cccc(Br)c3)C2=O)cc1. The Morgan fingerprint density at radius 2 is 1.93 bits per heavy atom. The monoisotopic (exact) mass is 444 g/mol. The van der Waals surface area contributed by atoms with E-state index in [4.69, 9.17) is 0 Å². The third-order valence-electron chi connectivity index (χ3n) is 3.97. The summed E-state index contributed by atoms with van der Waals surface area (Å²) in [5.41, 5.74) is 2.60. The van der Waals surface area contributed by atoms with E-state index >= 15 is 0 Å². The molecule has 0 spiro atoms. The number of nitrogens with zero attached hydrogens (tertiary/aromatic N) is 1. The number of hydrogen-bond acceptors (Lipinski definition) is 4. The van der Waals surface area contributed by atoms with Gasteiger partial charge in [0.2, 0.25) is 5.91 Å². The van der Waals surface area contributed by atoms with Crippen molar-refractivity contribution in [2.45, 2.75) is 13.3 Å². The van der Waals surface area contributed by atoms with Gasteiger partial charge in [0.05, 0.1) is 4.91 Å². The van der Waals surface area contributed by atoms with E-state index in [1.54, 1.807) is 18.2 Å². The van der Waals surface area contributed by atoms with Crippen molar-refractivity contribution in [3.8, 4) is 0 Å². The summed E-state index contributed by atoms with van der Waals surface area (Å²) in [6.07, 6.45) is 2.56. The molecule has 1 heterocycles.